The summed E-state index contributed by atoms with van der Waals surface area (Å²) in [5.74, 6) is 0.272. The molecule has 4 nitrogen and oxygen atoms in total. The van der Waals surface area contributed by atoms with E-state index < -0.39 is 0 Å². The summed E-state index contributed by atoms with van der Waals surface area (Å²) in [7, 11) is 0. The average Bonchev–Trinajstić information content (AvgIpc) is 3.30. The number of halogens is 1. The minimum atomic E-state index is 0.156. The maximum atomic E-state index is 12.7. The molecule has 0 N–H and O–H groups in total. The summed E-state index contributed by atoms with van der Waals surface area (Å²) < 4.78 is 0. The molecule has 2 aliphatic rings. The number of carbonyl (C=O) groups is 1. The minimum absolute atomic E-state index is 0.156. The lowest BCUT2D eigenvalue weighted by Gasteiger charge is -2.35. The number of carbonyl (C=O) groups excluding carboxylic acids is 1. The second-order valence-electron chi connectivity index (χ2n) is 7.80. The summed E-state index contributed by atoms with van der Waals surface area (Å²) in [6.07, 6.45) is 8.44. The lowest BCUT2D eigenvalue weighted by atomic mass is 9.94. The van der Waals surface area contributed by atoms with Crippen LogP contribution in [0.15, 0.2) is 48.8 Å². The Morgan fingerprint density at radius 1 is 1.11 bits per heavy atom. The Labute approximate surface area is 166 Å². The van der Waals surface area contributed by atoms with Crippen molar-refractivity contribution in [2.45, 2.75) is 44.2 Å². The van der Waals surface area contributed by atoms with E-state index in [1.54, 1.807) is 6.20 Å². The molecule has 5 heteroatoms. The van der Waals surface area contributed by atoms with Crippen LogP contribution in [0.1, 0.15) is 36.8 Å². The van der Waals surface area contributed by atoms with Gasteiger partial charge in [-0.3, -0.25) is 14.7 Å². The van der Waals surface area contributed by atoms with Crippen LogP contribution in [0, 0.1) is 0 Å². The molecule has 1 aromatic heterocycles. The number of aromatic nitrogens is 1. The molecule has 0 unspecified atom stereocenters. The molecule has 2 aromatic rings. The third-order valence-corrected chi connectivity index (χ3v) is 6.31. The number of aryl methyl sites for hydroxylation is 1. The third-order valence-electron chi connectivity index (χ3n) is 6.06. The maximum Gasteiger partial charge on any atom is 0.222 e. The summed E-state index contributed by atoms with van der Waals surface area (Å²) in [4.78, 5) is 21.5. The predicted molar refractivity (Wildman–Crippen MR) is 108 cm³/mol. The Hall–Kier alpha value is -1.91. The number of nitrogens with zero attached hydrogens (tertiary/aromatic N) is 3. The van der Waals surface area contributed by atoms with Crippen LogP contribution in [0.3, 0.4) is 0 Å². The smallest absolute Gasteiger partial charge is 0.222 e. The number of amides is 1. The predicted octanol–water partition coefficient (Wildman–Crippen LogP) is 3.93. The van der Waals surface area contributed by atoms with Gasteiger partial charge in [-0.25, -0.2) is 0 Å². The van der Waals surface area contributed by atoms with Crippen molar-refractivity contribution in [3.05, 3.63) is 64.9 Å². The number of rotatable bonds is 5. The van der Waals surface area contributed by atoms with Gasteiger partial charge in [-0.1, -0.05) is 29.8 Å². The van der Waals surface area contributed by atoms with Gasteiger partial charge in [-0.2, -0.15) is 0 Å². The molecule has 0 bridgehead atoms. The maximum absolute atomic E-state index is 12.7. The molecule has 27 heavy (non-hydrogen) atoms. The van der Waals surface area contributed by atoms with Crippen LogP contribution in [0.2, 0.25) is 5.02 Å². The monoisotopic (exact) mass is 383 g/mol. The molecule has 2 fully saturated rings. The van der Waals surface area contributed by atoms with Gasteiger partial charge in [0, 0.05) is 49.0 Å². The Bertz CT molecular complexity index is 780. The van der Waals surface area contributed by atoms with E-state index in [1.165, 1.54) is 18.4 Å². The highest BCUT2D eigenvalue weighted by molar-refractivity contribution is 6.30. The van der Waals surface area contributed by atoms with Crippen LogP contribution in [0.5, 0.6) is 0 Å². The molecule has 1 aromatic carbocycles. The van der Waals surface area contributed by atoms with Crippen molar-refractivity contribution in [2.75, 3.05) is 19.6 Å². The van der Waals surface area contributed by atoms with E-state index in [0.29, 0.717) is 6.42 Å². The van der Waals surface area contributed by atoms with Gasteiger partial charge in [0.1, 0.15) is 0 Å². The Kier molecular flexibility index (Phi) is 5.46. The molecule has 2 saturated heterocycles. The van der Waals surface area contributed by atoms with E-state index in [-0.39, 0.29) is 11.4 Å². The van der Waals surface area contributed by atoms with Gasteiger partial charge in [0.15, 0.2) is 0 Å². The van der Waals surface area contributed by atoms with Crippen LogP contribution in [0.25, 0.3) is 0 Å². The molecule has 0 aliphatic carbocycles. The van der Waals surface area contributed by atoms with E-state index in [4.69, 9.17) is 11.6 Å². The Morgan fingerprint density at radius 3 is 2.74 bits per heavy atom. The van der Waals surface area contributed by atoms with Gasteiger partial charge in [-0.15, -0.1) is 0 Å². The fraction of sp³-hybridized carbons (Fsp3) is 0.455. The summed E-state index contributed by atoms with van der Waals surface area (Å²) in [6, 6.07) is 12.1. The molecule has 0 saturated carbocycles. The Balaban J connectivity index is 1.36. The number of hydrogen-bond donors (Lipinski definition) is 0. The quantitative estimate of drug-likeness (QED) is 0.784. The lowest BCUT2D eigenvalue weighted by molar-refractivity contribution is -0.130. The van der Waals surface area contributed by atoms with E-state index in [2.05, 4.69) is 26.9 Å². The first-order valence-corrected chi connectivity index (χ1v) is 10.2. The number of hydrogen-bond acceptors (Lipinski definition) is 3. The topological polar surface area (TPSA) is 36.4 Å². The second kappa shape index (κ2) is 7.99. The van der Waals surface area contributed by atoms with Gasteiger partial charge in [0.2, 0.25) is 5.91 Å². The molecular formula is C22H26ClN3O. The number of benzene rings is 1. The van der Waals surface area contributed by atoms with Crippen LogP contribution < -0.4 is 0 Å². The van der Waals surface area contributed by atoms with Gasteiger partial charge in [-0.05, 0) is 61.6 Å². The highest BCUT2D eigenvalue weighted by atomic mass is 35.5. The van der Waals surface area contributed by atoms with Crippen LogP contribution in [0.4, 0.5) is 0 Å². The van der Waals surface area contributed by atoms with Crippen molar-refractivity contribution < 1.29 is 4.79 Å². The molecule has 1 spiro atoms. The fourth-order valence-corrected chi connectivity index (χ4v) is 4.66. The molecular weight excluding hydrogens is 358 g/mol. The van der Waals surface area contributed by atoms with Crippen LogP contribution in [-0.2, 0) is 17.8 Å². The molecule has 3 heterocycles. The largest absolute Gasteiger partial charge is 0.341 e. The molecule has 1 amide bonds. The van der Waals surface area contributed by atoms with Crippen LogP contribution >= 0.6 is 11.6 Å². The summed E-state index contributed by atoms with van der Waals surface area (Å²) in [5, 5.41) is 0.779. The number of pyridine rings is 1. The first-order valence-electron chi connectivity index (χ1n) is 9.81. The highest BCUT2D eigenvalue weighted by Crippen LogP contribution is 2.38. The number of likely N-dealkylation sites (tertiary alicyclic amines) is 2. The Morgan fingerprint density at radius 2 is 1.96 bits per heavy atom. The van der Waals surface area contributed by atoms with Gasteiger partial charge < -0.3 is 4.90 Å². The molecule has 4 rings (SSSR count). The summed E-state index contributed by atoms with van der Waals surface area (Å²) in [6.45, 7) is 3.80. The fourth-order valence-electron chi connectivity index (χ4n) is 4.54. The van der Waals surface area contributed by atoms with Gasteiger partial charge in [0.05, 0.1) is 0 Å². The molecule has 0 radical (unpaired) electrons. The van der Waals surface area contributed by atoms with Gasteiger partial charge in [0.25, 0.3) is 0 Å². The molecule has 1 atom stereocenters. The van der Waals surface area contributed by atoms with E-state index in [0.717, 1.165) is 49.6 Å². The van der Waals surface area contributed by atoms with Crippen molar-refractivity contribution in [3.8, 4) is 0 Å². The van der Waals surface area contributed by atoms with Crippen LogP contribution in [-0.4, -0.2) is 45.9 Å². The van der Waals surface area contributed by atoms with E-state index in [1.807, 2.05) is 30.5 Å². The summed E-state index contributed by atoms with van der Waals surface area (Å²) >= 11 is 6.02. The van der Waals surface area contributed by atoms with Crippen molar-refractivity contribution >= 4 is 17.5 Å². The second-order valence-corrected chi connectivity index (χ2v) is 8.24. The standard InChI is InChI=1S/C22H26ClN3O/c23-20-7-4-19(5-8-20)16-26-13-2-10-22(26)11-14-25(17-22)21(27)9-6-18-3-1-12-24-15-18/h1,3-5,7-8,12,15H,2,6,9-11,13-14,16-17H2/t22-/m1/s1. The first kappa shape index (κ1) is 18.5. The van der Waals surface area contributed by atoms with Crippen molar-refractivity contribution in [3.63, 3.8) is 0 Å². The van der Waals surface area contributed by atoms with E-state index in [9.17, 15) is 4.79 Å². The lowest BCUT2D eigenvalue weighted by Crippen LogP contribution is -2.46. The molecule has 2 aliphatic heterocycles. The zero-order valence-corrected chi connectivity index (χ0v) is 16.4. The average molecular weight is 384 g/mol. The molecule has 142 valence electrons. The van der Waals surface area contributed by atoms with E-state index >= 15 is 0 Å². The third kappa shape index (κ3) is 4.17. The zero-order chi connectivity index (χ0) is 18.7. The first-order chi connectivity index (χ1) is 13.1. The highest BCUT2D eigenvalue weighted by Gasteiger charge is 2.46. The van der Waals surface area contributed by atoms with Crippen molar-refractivity contribution in [1.29, 1.82) is 0 Å². The normalized spacial score (nSPS) is 22.6. The minimum Gasteiger partial charge on any atom is -0.341 e. The van der Waals surface area contributed by atoms with Gasteiger partial charge >= 0.3 is 0 Å². The SMILES string of the molecule is O=C(CCc1cccnc1)N1CC[C@]2(CCCN2Cc2ccc(Cl)cc2)C1. The summed E-state index contributed by atoms with van der Waals surface area (Å²) in [5.41, 5.74) is 2.58. The zero-order valence-electron chi connectivity index (χ0n) is 15.6. The van der Waals surface area contributed by atoms with Crippen molar-refractivity contribution in [2.24, 2.45) is 0 Å². The van der Waals surface area contributed by atoms with Crippen molar-refractivity contribution in [1.82, 2.24) is 14.8 Å².